The van der Waals surface area contributed by atoms with Crippen molar-refractivity contribution in [2.45, 2.75) is 26.3 Å². The SMILES string of the molecule is Cc1csc(=O)n1CCCC(=O)O. The predicted octanol–water partition coefficient (Wildman–Crippen LogP) is 1.08. The van der Waals surface area contributed by atoms with Crippen LogP contribution in [-0.2, 0) is 11.3 Å². The van der Waals surface area contributed by atoms with Crippen LogP contribution in [0.2, 0.25) is 0 Å². The van der Waals surface area contributed by atoms with Gasteiger partial charge in [-0.1, -0.05) is 11.3 Å². The van der Waals surface area contributed by atoms with E-state index in [4.69, 9.17) is 5.11 Å². The molecule has 5 heteroatoms. The minimum absolute atomic E-state index is 0.0112. The molecule has 0 aliphatic rings. The number of carbonyl (C=O) groups is 1. The standard InChI is InChI=1S/C8H11NO3S/c1-6-5-13-8(12)9(6)4-2-3-7(10)11/h5H,2-4H2,1H3,(H,10,11). The maximum absolute atomic E-state index is 11.1. The molecule has 1 aromatic heterocycles. The average Bonchev–Trinajstić information content (AvgIpc) is 2.34. The van der Waals surface area contributed by atoms with E-state index in [2.05, 4.69) is 0 Å². The first-order valence-corrected chi connectivity index (χ1v) is 4.86. The van der Waals surface area contributed by atoms with Crippen molar-refractivity contribution in [2.24, 2.45) is 0 Å². The molecular formula is C8H11NO3S. The molecule has 0 amide bonds. The lowest BCUT2D eigenvalue weighted by Crippen LogP contribution is -2.15. The first-order valence-electron chi connectivity index (χ1n) is 3.98. The highest BCUT2D eigenvalue weighted by Gasteiger charge is 2.03. The summed E-state index contributed by atoms with van der Waals surface area (Å²) >= 11 is 1.15. The van der Waals surface area contributed by atoms with Gasteiger partial charge in [0.05, 0.1) is 0 Å². The van der Waals surface area contributed by atoms with Crippen molar-refractivity contribution in [1.29, 1.82) is 0 Å². The number of aromatic nitrogens is 1. The summed E-state index contributed by atoms with van der Waals surface area (Å²) in [5.74, 6) is -0.819. The summed E-state index contributed by atoms with van der Waals surface area (Å²) in [6.07, 6.45) is 0.620. The van der Waals surface area contributed by atoms with Crippen LogP contribution in [0.25, 0.3) is 0 Å². The first kappa shape index (κ1) is 9.98. The minimum Gasteiger partial charge on any atom is -0.481 e. The molecule has 1 aromatic rings. The molecule has 0 aromatic carbocycles. The number of hydrogen-bond acceptors (Lipinski definition) is 3. The lowest BCUT2D eigenvalue weighted by atomic mass is 10.3. The molecule has 0 bridgehead atoms. The molecule has 0 aliphatic carbocycles. The summed E-state index contributed by atoms with van der Waals surface area (Å²) in [5, 5.41) is 10.2. The molecule has 0 unspecified atom stereocenters. The number of rotatable bonds is 4. The van der Waals surface area contributed by atoms with E-state index in [0.717, 1.165) is 17.0 Å². The quantitative estimate of drug-likeness (QED) is 0.793. The fourth-order valence-corrected chi connectivity index (χ4v) is 1.82. The van der Waals surface area contributed by atoms with E-state index in [0.29, 0.717) is 13.0 Å². The molecule has 1 heterocycles. The van der Waals surface area contributed by atoms with Gasteiger partial charge in [0.15, 0.2) is 0 Å². The van der Waals surface area contributed by atoms with E-state index in [9.17, 15) is 9.59 Å². The van der Waals surface area contributed by atoms with Gasteiger partial charge in [0.1, 0.15) is 0 Å². The Hall–Kier alpha value is -1.10. The summed E-state index contributed by atoms with van der Waals surface area (Å²) < 4.78 is 1.60. The normalized spacial score (nSPS) is 10.2. The zero-order valence-electron chi connectivity index (χ0n) is 7.32. The minimum atomic E-state index is -0.819. The van der Waals surface area contributed by atoms with E-state index in [1.165, 1.54) is 0 Å². The molecule has 0 spiro atoms. The number of carboxylic acids is 1. The van der Waals surface area contributed by atoms with Crippen molar-refractivity contribution in [3.63, 3.8) is 0 Å². The van der Waals surface area contributed by atoms with Gasteiger partial charge in [0, 0.05) is 24.0 Å². The van der Waals surface area contributed by atoms with Crippen molar-refractivity contribution in [3.8, 4) is 0 Å². The molecule has 4 nitrogen and oxygen atoms in total. The highest BCUT2D eigenvalue weighted by molar-refractivity contribution is 7.07. The van der Waals surface area contributed by atoms with E-state index >= 15 is 0 Å². The lowest BCUT2D eigenvalue weighted by Gasteiger charge is -2.01. The Labute approximate surface area is 79.4 Å². The Morgan fingerprint density at radius 2 is 2.38 bits per heavy atom. The van der Waals surface area contributed by atoms with Crippen molar-refractivity contribution in [1.82, 2.24) is 4.57 Å². The van der Waals surface area contributed by atoms with Gasteiger partial charge in [-0.3, -0.25) is 9.59 Å². The third-order valence-electron chi connectivity index (χ3n) is 1.75. The molecule has 0 atom stereocenters. The first-order chi connectivity index (χ1) is 6.11. The van der Waals surface area contributed by atoms with Crippen LogP contribution < -0.4 is 4.87 Å². The van der Waals surface area contributed by atoms with Crippen molar-refractivity contribution in [3.05, 3.63) is 20.7 Å². The zero-order chi connectivity index (χ0) is 9.84. The highest BCUT2D eigenvalue weighted by Crippen LogP contribution is 2.01. The van der Waals surface area contributed by atoms with Gasteiger partial charge in [0.25, 0.3) is 0 Å². The number of aryl methyl sites for hydroxylation is 1. The fourth-order valence-electron chi connectivity index (χ4n) is 1.06. The van der Waals surface area contributed by atoms with E-state index in [1.807, 2.05) is 6.92 Å². The molecule has 72 valence electrons. The number of nitrogens with zero attached hydrogens (tertiary/aromatic N) is 1. The predicted molar refractivity (Wildman–Crippen MR) is 50.2 cm³/mol. The highest BCUT2D eigenvalue weighted by atomic mass is 32.1. The topological polar surface area (TPSA) is 59.3 Å². The molecule has 1 N–H and O–H groups in total. The van der Waals surface area contributed by atoms with Crippen LogP contribution in [0.1, 0.15) is 18.5 Å². The fraction of sp³-hybridized carbons (Fsp3) is 0.500. The summed E-state index contributed by atoms with van der Waals surface area (Å²) in [6, 6.07) is 0. The van der Waals surface area contributed by atoms with Crippen molar-refractivity contribution < 1.29 is 9.90 Å². The number of hydrogen-bond donors (Lipinski definition) is 1. The van der Waals surface area contributed by atoms with Crippen molar-refractivity contribution >= 4 is 17.3 Å². The summed E-state index contributed by atoms with van der Waals surface area (Å²) in [7, 11) is 0. The summed E-state index contributed by atoms with van der Waals surface area (Å²) in [6.45, 7) is 2.35. The third-order valence-corrected chi connectivity index (χ3v) is 2.63. The zero-order valence-corrected chi connectivity index (χ0v) is 8.13. The van der Waals surface area contributed by atoms with Crippen LogP contribution in [0.3, 0.4) is 0 Å². The Balaban J connectivity index is 2.54. The molecule has 13 heavy (non-hydrogen) atoms. The van der Waals surface area contributed by atoms with Crippen LogP contribution in [-0.4, -0.2) is 15.6 Å². The maximum Gasteiger partial charge on any atom is 0.307 e. The van der Waals surface area contributed by atoms with Gasteiger partial charge in [-0.25, -0.2) is 0 Å². The Morgan fingerprint density at radius 1 is 1.69 bits per heavy atom. The van der Waals surface area contributed by atoms with Gasteiger partial charge in [-0.15, -0.1) is 0 Å². The maximum atomic E-state index is 11.1. The monoisotopic (exact) mass is 201 g/mol. The average molecular weight is 201 g/mol. The van der Waals surface area contributed by atoms with Gasteiger partial charge in [-0.2, -0.15) is 0 Å². The second kappa shape index (κ2) is 4.23. The van der Waals surface area contributed by atoms with Crippen LogP contribution in [0, 0.1) is 6.92 Å². The van der Waals surface area contributed by atoms with Gasteiger partial charge < -0.3 is 9.67 Å². The summed E-state index contributed by atoms with van der Waals surface area (Å²) in [5.41, 5.74) is 0.903. The van der Waals surface area contributed by atoms with Crippen LogP contribution >= 0.6 is 11.3 Å². The van der Waals surface area contributed by atoms with E-state index in [1.54, 1.807) is 9.95 Å². The summed E-state index contributed by atoms with van der Waals surface area (Å²) in [4.78, 5) is 21.4. The molecule has 0 saturated heterocycles. The van der Waals surface area contributed by atoms with Crippen LogP contribution in [0.4, 0.5) is 0 Å². The molecule has 1 rings (SSSR count). The molecule has 0 saturated carbocycles. The molecule has 0 aliphatic heterocycles. The Kier molecular flexibility index (Phi) is 3.25. The van der Waals surface area contributed by atoms with E-state index in [-0.39, 0.29) is 11.3 Å². The number of thiazole rings is 1. The molecular weight excluding hydrogens is 190 g/mol. The third kappa shape index (κ3) is 2.69. The Bertz CT molecular complexity index is 353. The molecule has 0 radical (unpaired) electrons. The number of aliphatic carboxylic acids is 1. The second-order valence-corrected chi connectivity index (χ2v) is 3.61. The van der Waals surface area contributed by atoms with Crippen molar-refractivity contribution in [2.75, 3.05) is 0 Å². The smallest absolute Gasteiger partial charge is 0.307 e. The van der Waals surface area contributed by atoms with Crippen LogP contribution in [0.15, 0.2) is 10.2 Å². The number of carboxylic acid groups (broad SMARTS) is 1. The van der Waals surface area contributed by atoms with Gasteiger partial charge >= 0.3 is 10.8 Å². The Morgan fingerprint density at radius 3 is 2.85 bits per heavy atom. The lowest BCUT2D eigenvalue weighted by molar-refractivity contribution is -0.137. The van der Waals surface area contributed by atoms with Crippen LogP contribution in [0.5, 0.6) is 0 Å². The van der Waals surface area contributed by atoms with Gasteiger partial charge in [0.2, 0.25) is 0 Å². The largest absolute Gasteiger partial charge is 0.481 e. The molecule has 0 fully saturated rings. The van der Waals surface area contributed by atoms with E-state index < -0.39 is 5.97 Å². The second-order valence-electron chi connectivity index (χ2n) is 2.79. The van der Waals surface area contributed by atoms with Gasteiger partial charge in [-0.05, 0) is 13.3 Å².